The summed E-state index contributed by atoms with van der Waals surface area (Å²) in [5.74, 6) is 0.223. The number of benzene rings is 3. The molecule has 0 aliphatic carbocycles. The average molecular weight is 456 g/mol. The van der Waals surface area contributed by atoms with Crippen LogP contribution in [-0.4, -0.2) is 25.5 Å². The number of aryl methyl sites for hydroxylation is 1. The number of nitrogens with zero attached hydrogens (tertiary/aromatic N) is 1. The highest BCUT2D eigenvalue weighted by Gasteiger charge is 2.12. The molecule has 0 fully saturated rings. The maximum atomic E-state index is 12.6. The van der Waals surface area contributed by atoms with E-state index in [0.29, 0.717) is 28.4 Å². The van der Waals surface area contributed by atoms with Crippen LogP contribution >= 0.6 is 0 Å². The van der Waals surface area contributed by atoms with Gasteiger partial charge in [0.2, 0.25) is 0 Å². The molecule has 0 aliphatic rings. The zero-order valence-corrected chi connectivity index (χ0v) is 19.2. The van der Waals surface area contributed by atoms with Crippen LogP contribution in [0.2, 0.25) is 0 Å². The molecule has 3 rings (SSSR count). The first kappa shape index (κ1) is 24.1. The lowest BCUT2D eigenvalue weighted by molar-refractivity contribution is -0.118. The normalized spacial score (nSPS) is 10.7. The number of nitrogens with one attached hydrogen (secondary N) is 2. The molecule has 0 aliphatic heterocycles. The van der Waals surface area contributed by atoms with E-state index in [0.717, 1.165) is 11.1 Å². The molecule has 172 valence electrons. The van der Waals surface area contributed by atoms with Crippen LogP contribution in [0.15, 0.2) is 72.3 Å². The quantitative estimate of drug-likeness (QED) is 0.373. The number of amides is 2. The van der Waals surface area contributed by atoms with E-state index in [1.54, 1.807) is 48.5 Å². The maximum absolute atomic E-state index is 12.6. The fourth-order valence-electron chi connectivity index (χ4n) is 3.13. The lowest BCUT2D eigenvalue weighted by atomic mass is 10.1. The van der Waals surface area contributed by atoms with E-state index in [-0.39, 0.29) is 18.1 Å². The number of hydrogen-bond acceptors (Lipinski definition) is 5. The second-order valence-corrected chi connectivity index (χ2v) is 7.48. The number of methoxy groups -OCH3 is 1. The number of rotatable bonds is 8. The van der Waals surface area contributed by atoms with E-state index >= 15 is 0 Å². The van der Waals surface area contributed by atoms with Crippen molar-refractivity contribution in [3.05, 3.63) is 89.0 Å². The molecule has 0 heterocycles. The molecule has 0 aromatic heterocycles. The monoisotopic (exact) mass is 455 g/mol. The third-order valence-corrected chi connectivity index (χ3v) is 5.16. The van der Waals surface area contributed by atoms with Gasteiger partial charge in [0, 0.05) is 5.69 Å². The van der Waals surface area contributed by atoms with Gasteiger partial charge in [0.1, 0.15) is 23.1 Å². The summed E-state index contributed by atoms with van der Waals surface area (Å²) in [5.41, 5.74) is 3.85. The van der Waals surface area contributed by atoms with Crippen molar-refractivity contribution in [2.75, 3.05) is 24.4 Å². The molecular weight excluding hydrogens is 430 g/mol. The first-order valence-corrected chi connectivity index (χ1v) is 10.6. The number of carbonyl (C=O) groups excluding carboxylic acids is 2. The first-order valence-electron chi connectivity index (χ1n) is 10.6. The van der Waals surface area contributed by atoms with Crippen LogP contribution in [0, 0.1) is 25.2 Å². The number of hydrogen-bond donors (Lipinski definition) is 2. The Morgan fingerprint density at radius 3 is 2.35 bits per heavy atom. The van der Waals surface area contributed by atoms with Crippen molar-refractivity contribution in [3.8, 4) is 17.6 Å². The minimum Gasteiger partial charge on any atom is -0.495 e. The zero-order chi connectivity index (χ0) is 24.5. The second-order valence-electron chi connectivity index (χ2n) is 7.48. The first-order chi connectivity index (χ1) is 16.4. The van der Waals surface area contributed by atoms with Crippen molar-refractivity contribution >= 4 is 29.3 Å². The molecule has 0 atom stereocenters. The summed E-state index contributed by atoms with van der Waals surface area (Å²) in [5, 5.41) is 15.0. The third-order valence-electron chi connectivity index (χ3n) is 5.16. The fraction of sp³-hybridized carbons (Fsp3) is 0.148. The Labute approximate surface area is 198 Å². The van der Waals surface area contributed by atoms with Crippen LogP contribution in [0.4, 0.5) is 11.4 Å². The SMILES string of the molecule is COc1ccccc1NC(=O)COc1ccc(/C=C(/C#N)C(=O)Nc2cccc(C)c2C)cc1. The summed E-state index contributed by atoms with van der Waals surface area (Å²) in [6, 6.07) is 21.4. The minimum atomic E-state index is -0.482. The molecule has 0 bridgehead atoms. The van der Waals surface area contributed by atoms with Gasteiger partial charge >= 0.3 is 0 Å². The molecule has 7 heteroatoms. The molecule has 0 saturated carbocycles. The number of carbonyl (C=O) groups is 2. The van der Waals surface area contributed by atoms with Crippen LogP contribution in [0.25, 0.3) is 6.08 Å². The Morgan fingerprint density at radius 2 is 1.65 bits per heavy atom. The highest BCUT2D eigenvalue weighted by atomic mass is 16.5. The third kappa shape index (κ3) is 6.24. The topological polar surface area (TPSA) is 100 Å². The summed E-state index contributed by atoms with van der Waals surface area (Å²) in [6.07, 6.45) is 1.50. The predicted molar refractivity (Wildman–Crippen MR) is 132 cm³/mol. The Bertz CT molecular complexity index is 1260. The molecule has 2 N–H and O–H groups in total. The largest absolute Gasteiger partial charge is 0.495 e. The Kier molecular flexibility index (Phi) is 8.03. The number of nitriles is 1. The van der Waals surface area contributed by atoms with Gasteiger partial charge in [-0.3, -0.25) is 9.59 Å². The predicted octanol–water partition coefficient (Wildman–Crippen LogP) is 4.88. The zero-order valence-electron chi connectivity index (χ0n) is 19.2. The van der Waals surface area contributed by atoms with Gasteiger partial charge in [0.25, 0.3) is 11.8 Å². The lowest BCUT2D eigenvalue weighted by Gasteiger charge is -2.11. The summed E-state index contributed by atoms with van der Waals surface area (Å²) in [4.78, 5) is 24.8. The summed E-state index contributed by atoms with van der Waals surface area (Å²) >= 11 is 0. The summed E-state index contributed by atoms with van der Waals surface area (Å²) in [6.45, 7) is 3.68. The van der Waals surface area contributed by atoms with Gasteiger partial charge < -0.3 is 20.1 Å². The molecule has 0 unspecified atom stereocenters. The van der Waals surface area contributed by atoms with Gasteiger partial charge in [-0.2, -0.15) is 5.26 Å². The molecule has 34 heavy (non-hydrogen) atoms. The maximum Gasteiger partial charge on any atom is 0.266 e. The van der Waals surface area contributed by atoms with Gasteiger partial charge in [-0.05, 0) is 66.9 Å². The Morgan fingerprint density at radius 1 is 0.941 bits per heavy atom. The van der Waals surface area contributed by atoms with Crippen molar-refractivity contribution in [1.82, 2.24) is 0 Å². The van der Waals surface area contributed by atoms with E-state index in [4.69, 9.17) is 9.47 Å². The summed E-state index contributed by atoms with van der Waals surface area (Å²) < 4.78 is 10.7. The standard InChI is InChI=1S/C27H25N3O4/c1-18-7-6-9-23(19(18)2)30-27(32)21(16-28)15-20-11-13-22(14-12-20)34-17-26(31)29-24-8-4-5-10-25(24)33-3/h4-15H,17H2,1-3H3,(H,29,31)(H,30,32)/b21-15-. The van der Waals surface area contributed by atoms with Gasteiger partial charge in [0.05, 0.1) is 12.8 Å². The van der Waals surface area contributed by atoms with Crippen LogP contribution in [0.1, 0.15) is 16.7 Å². The second kappa shape index (κ2) is 11.3. The van der Waals surface area contributed by atoms with E-state index in [9.17, 15) is 14.9 Å². The van der Waals surface area contributed by atoms with Crippen molar-refractivity contribution in [3.63, 3.8) is 0 Å². The Hall–Kier alpha value is -4.57. The molecule has 3 aromatic rings. The van der Waals surface area contributed by atoms with Gasteiger partial charge in [-0.25, -0.2) is 0 Å². The molecular formula is C27H25N3O4. The van der Waals surface area contributed by atoms with Crippen LogP contribution in [-0.2, 0) is 9.59 Å². The fourth-order valence-corrected chi connectivity index (χ4v) is 3.13. The molecule has 0 saturated heterocycles. The number of ether oxygens (including phenoxy) is 2. The number of anilines is 2. The highest BCUT2D eigenvalue weighted by molar-refractivity contribution is 6.10. The van der Waals surface area contributed by atoms with Crippen molar-refractivity contribution in [2.24, 2.45) is 0 Å². The highest BCUT2D eigenvalue weighted by Crippen LogP contribution is 2.23. The summed E-state index contributed by atoms with van der Waals surface area (Å²) in [7, 11) is 1.53. The molecule has 0 spiro atoms. The van der Waals surface area contributed by atoms with E-state index in [2.05, 4.69) is 10.6 Å². The molecule has 7 nitrogen and oxygen atoms in total. The average Bonchev–Trinajstić information content (AvgIpc) is 2.85. The molecule has 0 radical (unpaired) electrons. The van der Waals surface area contributed by atoms with Crippen LogP contribution < -0.4 is 20.1 Å². The van der Waals surface area contributed by atoms with Gasteiger partial charge in [-0.15, -0.1) is 0 Å². The van der Waals surface area contributed by atoms with E-state index in [1.807, 2.05) is 38.1 Å². The van der Waals surface area contributed by atoms with E-state index in [1.165, 1.54) is 13.2 Å². The van der Waals surface area contributed by atoms with Crippen molar-refractivity contribution in [1.29, 1.82) is 5.26 Å². The molecule has 3 aromatic carbocycles. The number of para-hydroxylation sites is 2. The van der Waals surface area contributed by atoms with Gasteiger partial charge in [0.15, 0.2) is 6.61 Å². The van der Waals surface area contributed by atoms with Crippen LogP contribution in [0.5, 0.6) is 11.5 Å². The lowest BCUT2D eigenvalue weighted by Crippen LogP contribution is -2.20. The van der Waals surface area contributed by atoms with Gasteiger partial charge in [-0.1, -0.05) is 36.4 Å². The van der Waals surface area contributed by atoms with Crippen molar-refractivity contribution in [2.45, 2.75) is 13.8 Å². The Balaban J connectivity index is 1.60. The molecule has 2 amide bonds. The minimum absolute atomic E-state index is 0.0224. The van der Waals surface area contributed by atoms with Crippen LogP contribution in [0.3, 0.4) is 0 Å². The van der Waals surface area contributed by atoms with E-state index < -0.39 is 5.91 Å². The smallest absolute Gasteiger partial charge is 0.266 e. The van der Waals surface area contributed by atoms with Crippen molar-refractivity contribution < 1.29 is 19.1 Å².